The summed E-state index contributed by atoms with van der Waals surface area (Å²) in [6.07, 6.45) is 1.26. The molecular formula is C13H8BrN3O2. The summed E-state index contributed by atoms with van der Waals surface area (Å²) in [7, 11) is 0. The van der Waals surface area contributed by atoms with Gasteiger partial charge in [0.25, 0.3) is 0 Å². The van der Waals surface area contributed by atoms with Crippen LogP contribution in [-0.4, -0.2) is 16.1 Å². The lowest BCUT2D eigenvalue weighted by Gasteiger charge is -2.07. The van der Waals surface area contributed by atoms with Crippen molar-refractivity contribution in [3.8, 4) is 6.07 Å². The third-order valence-corrected chi connectivity index (χ3v) is 2.87. The maximum absolute atomic E-state index is 10.7. The molecule has 1 aromatic heterocycles. The van der Waals surface area contributed by atoms with Crippen LogP contribution in [0.2, 0.25) is 0 Å². The lowest BCUT2D eigenvalue weighted by atomic mass is 10.2. The largest absolute Gasteiger partial charge is 0.478 e. The van der Waals surface area contributed by atoms with Crippen molar-refractivity contribution in [2.75, 3.05) is 5.32 Å². The minimum atomic E-state index is -1.03. The van der Waals surface area contributed by atoms with Crippen LogP contribution in [0, 0.1) is 11.3 Å². The van der Waals surface area contributed by atoms with Crippen LogP contribution in [-0.2, 0) is 0 Å². The van der Waals surface area contributed by atoms with E-state index in [0.717, 1.165) is 4.47 Å². The molecule has 0 saturated heterocycles. The maximum atomic E-state index is 10.7. The van der Waals surface area contributed by atoms with Gasteiger partial charge in [-0.1, -0.05) is 15.9 Å². The molecule has 2 aromatic rings. The van der Waals surface area contributed by atoms with Crippen LogP contribution in [0.1, 0.15) is 15.9 Å². The van der Waals surface area contributed by atoms with E-state index in [1.807, 2.05) is 0 Å². The molecule has 94 valence electrons. The van der Waals surface area contributed by atoms with E-state index in [9.17, 15) is 4.79 Å². The van der Waals surface area contributed by atoms with Crippen LogP contribution in [0.5, 0.6) is 0 Å². The van der Waals surface area contributed by atoms with Gasteiger partial charge >= 0.3 is 5.97 Å². The topological polar surface area (TPSA) is 86.0 Å². The first kappa shape index (κ1) is 13.1. The lowest BCUT2D eigenvalue weighted by molar-refractivity contribution is 0.0696. The molecule has 0 bridgehead atoms. The van der Waals surface area contributed by atoms with Gasteiger partial charge in [-0.3, -0.25) is 0 Å². The van der Waals surface area contributed by atoms with Crippen molar-refractivity contribution < 1.29 is 9.90 Å². The molecule has 0 fully saturated rings. The minimum Gasteiger partial charge on any atom is -0.478 e. The number of hydrogen-bond acceptors (Lipinski definition) is 4. The molecule has 0 aliphatic rings. The van der Waals surface area contributed by atoms with Crippen LogP contribution in [0.25, 0.3) is 0 Å². The first-order chi connectivity index (χ1) is 9.10. The summed E-state index contributed by atoms with van der Waals surface area (Å²) in [5, 5.41) is 20.8. The van der Waals surface area contributed by atoms with Crippen molar-refractivity contribution in [1.82, 2.24) is 4.98 Å². The molecule has 0 amide bonds. The summed E-state index contributed by atoms with van der Waals surface area (Å²) in [4.78, 5) is 14.7. The Morgan fingerprint density at radius 1 is 1.37 bits per heavy atom. The van der Waals surface area contributed by atoms with Crippen molar-refractivity contribution in [3.05, 3.63) is 52.1 Å². The number of rotatable bonds is 3. The molecule has 1 aromatic carbocycles. The molecular weight excluding hydrogens is 310 g/mol. The number of benzene rings is 1. The number of anilines is 2. The van der Waals surface area contributed by atoms with Gasteiger partial charge in [-0.15, -0.1) is 0 Å². The fourth-order valence-electron chi connectivity index (χ4n) is 1.45. The molecule has 6 heteroatoms. The van der Waals surface area contributed by atoms with Gasteiger partial charge in [0, 0.05) is 10.7 Å². The van der Waals surface area contributed by atoms with Crippen LogP contribution in [0.15, 0.2) is 41.0 Å². The van der Waals surface area contributed by atoms with E-state index >= 15 is 0 Å². The van der Waals surface area contributed by atoms with Crippen LogP contribution in [0.4, 0.5) is 11.5 Å². The van der Waals surface area contributed by atoms with Crippen LogP contribution < -0.4 is 5.32 Å². The highest BCUT2D eigenvalue weighted by Crippen LogP contribution is 2.23. The van der Waals surface area contributed by atoms with E-state index < -0.39 is 5.97 Å². The Morgan fingerprint density at radius 2 is 2.16 bits per heavy atom. The second-order valence-electron chi connectivity index (χ2n) is 3.66. The average Bonchev–Trinajstić information content (AvgIpc) is 2.41. The predicted molar refractivity (Wildman–Crippen MR) is 73.3 cm³/mol. The molecule has 19 heavy (non-hydrogen) atoms. The van der Waals surface area contributed by atoms with Gasteiger partial charge in [0.1, 0.15) is 11.9 Å². The van der Waals surface area contributed by atoms with Crippen LogP contribution >= 0.6 is 15.9 Å². The summed E-state index contributed by atoms with van der Waals surface area (Å²) in [6, 6.07) is 10.3. The van der Waals surface area contributed by atoms with E-state index in [-0.39, 0.29) is 5.56 Å². The Labute approximate surface area is 117 Å². The normalized spacial score (nSPS) is 9.68. The number of nitriles is 1. The zero-order valence-electron chi connectivity index (χ0n) is 9.59. The van der Waals surface area contributed by atoms with Gasteiger partial charge in [-0.05, 0) is 30.3 Å². The Balaban J connectivity index is 2.26. The number of aromatic carboxylic acids is 1. The standard InChI is InChI=1S/C13H8BrN3O2/c14-10-2-3-11(9(5-10)6-15)17-12-4-1-8(7-16-12)13(18)19/h1-5,7H,(H,16,17)(H,18,19). The van der Waals surface area contributed by atoms with Crippen molar-refractivity contribution in [2.45, 2.75) is 0 Å². The molecule has 0 saturated carbocycles. The Bertz CT molecular complexity index is 663. The molecule has 1 heterocycles. The molecule has 0 aliphatic carbocycles. The molecule has 0 radical (unpaired) electrons. The highest BCUT2D eigenvalue weighted by molar-refractivity contribution is 9.10. The molecule has 5 nitrogen and oxygen atoms in total. The maximum Gasteiger partial charge on any atom is 0.337 e. The second kappa shape index (κ2) is 5.50. The summed E-state index contributed by atoms with van der Waals surface area (Å²) in [6.45, 7) is 0. The second-order valence-corrected chi connectivity index (χ2v) is 4.58. The number of carboxylic acids is 1. The molecule has 0 atom stereocenters. The number of nitrogens with one attached hydrogen (secondary N) is 1. The monoisotopic (exact) mass is 317 g/mol. The van der Waals surface area contributed by atoms with E-state index in [4.69, 9.17) is 10.4 Å². The highest BCUT2D eigenvalue weighted by Gasteiger charge is 2.06. The Hall–Kier alpha value is -2.39. The van der Waals surface area contributed by atoms with Crippen molar-refractivity contribution in [1.29, 1.82) is 5.26 Å². The van der Waals surface area contributed by atoms with Crippen molar-refractivity contribution in [2.24, 2.45) is 0 Å². The van der Waals surface area contributed by atoms with Gasteiger partial charge in [-0.25, -0.2) is 9.78 Å². The summed E-state index contributed by atoms with van der Waals surface area (Å²) in [5.74, 6) is -0.552. The average molecular weight is 318 g/mol. The SMILES string of the molecule is N#Cc1cc(Br)ccc1Nc1ccc(C(=O)O)cn1. The number of hydrogen-bond donors (Lipinski definition) is 2. The number of halogens is 1. The molecule has 0 aliphatic heterocycles. The van der Waals surface area contributed by atoms with E-state index in [0.29, 0.717) is 17.1 Å². The zero-order valence-corrected chi connectivity index (χ0v) is 11.2. The third-order valence-electron chi connectivity index (χ3n) is 2.38. The summed E-state index contributed by atoms with van der Waals surface area (Å²) < 4.78 is 0.809. The number of aromatic nitrogens is 1. The molecule has 2 rings (SSSR count). The number of nitrogens with zero attached hydrogens (tertiary/aromatic N) is 2. The van der Waals surface area contributed by atoms with Gasteiger partial charge in [-0.2, -0.15) is 5.26 Å². The first-order valence-electron chi connectivity index (χ1n) is 5.26. The quantitative estimate of drug-likeness (QED) is 0.908. The third kappa shape index (κ3) is 3.09. The predicted octanol–water partition coefficient (Wildman–Crippen LogP) is 3.16. The number of pyridine rings is 1. The van der Waals surface area contributed by atoms with Crippen molar-refractivity contribution >= 4 is 33.4 Å². The van der Waals surface area contributed by atoms with E-state index in [1.165, 1.54) is 12.3 Å². The first-order valence-corrected chi connectivity index (χ1v) is 6.05. The van der Waals surface area contributed by atoms with Gasteiger partial charge in [0.05, 0.1) is 16.8 Å². The highest BCUT2D eigenvalue weighted by atomic mass is 79.9. The Morgan fingerprint density at radius 3 is 2.74 bits per heavy atom. The molecule has 0 unspecified atom stereocenters. The van der Waals surface area contributed by atoms with Gasteiger partial charge < -0.3 is 10.4 Å². The van der Waals surface area contributed by atoms with Gasteiger partial charge in [0.15, 0.2) is 0 Å². The van der Waals surface area contributed by atoms with Crippen molar-refractivity contribution in [3.63, 3.8) is 0 Å². The number of carbonyl (C=O) groups is 1. The molecule has 2 N–H and O–H groups in total. The summed E-state index contributed by atoms with van der Waals surface area (Å²) >= 11 is 3.29. The van der Waals surface area contributed by atoms with E-state index in [1.54, 1.807) is 24.3 Å². The van der Waals surface area contributed by atoms with Gasteiger partial charge in [0.2, 0.25) is 0 Å². The smallest absolute Gasteiger partial charge is 0.337 e. The molecule has 0 spiro atoms. The van der Waals surface area contributed by atoms with E-state index in [2.05, 4.69) is 32.3 Å². The van der Waals surface area contributed by atoms with Crippen LogP contribution in [0.3, 0.4) is 0 Å². The fraction of sp³-hybridized carbons (Fsp3) is 0. The minimum absolute atomic E-state index is 0.113. The zero-order chi connectivity index (χ0) is 13.8. The Kier molecular flexibility index (Phi) is 3.78. The summed E-state index contributed by atoms with van der Waals surface area (Å²) in [5.41, 5.74) is 1.20. The fourth-order valence-corrected chi connectivity index (χ4v) is 1.81. The lowest BCUT2D eigenvalue weighted by Crippen LogP contribution is -2.00. The number of carboxylic acid groups (broad SMARTS) is 1.